The summed E-state index contributed by atoms with van der Waals surface area (Å²) in [5.41, 5.74) is 4.54. The molecule has 1 aliphatic rings. The molecule has 0 bridgehead atoms. The summed E-state index contributed by atoms with van der Waals surface area (Å²) in [7, 11) is 1.78. The van der Waals surface area contributed by atoms with Crippen LogP contribution in [0.4, 0.5) is 11.4 Å². The quantitative estimate of drug-likeness (QED) is 0.891. The normalized spacial score (nSPS) is 17.0. The summed E-state index contributed by atoms with van der Waals surface area (Å²) in [5, 5.41) is 10.7. The minimum Gasteiger partial charge on any atom is -0.381 e. The van der Waals surface area contributed by atoms with E-state index in [2.05, 4.69) is 28.7 Å². The number of carbonyl (C=O) groups is 1. The van der Waals surface area contributed by atoms with Crippen molar-refractivity contribution in [1.29, 1.82) is 0 Å². The molecule has 1 aromatic carbocycles. The topological polar surface area (TPSA) is 59.0 Å². The van der Waals surface area contributed by atoms with E-state index in [9.17, 15) is 4.79 Å². The predicted molar refractivity (Wildman–Crippen MR) is 83.7 cm³/mol. The Balaban J connectivity index is 1.89. The van der Waals surface area contributed by atoms with Gasteiger partial charge in [0.1, 0.15) is 5.69 Å². The summed E-state index contributed by atoms with van der Waals surface area (Å²) in [6.45, 7) is 4.04. The third-order valence-electron chi connectivity index (χ3n) is 3.87. The van der Waals surface area contributed by atoms with Gasteiger partial charge < -0.3 is 10.6 Å². The fraction of sp³-hybridized carbons (Fsp3) is 0.375. The van der Waals surface area contributed by atoms with Crippen molar-refractivity contribution in [3.05, 3.63) is 41.2 Å². The average Bonchev–Trinajstić information content (AvgIpc) is 2.78. The van der Waals surface area contributed by atoms with Crippen LogP contribution in [0.25, 0.3) is 0 Å². The lowest BCUT2D eigenvalue weighted by Crippen LogP contribution is -2.24. The fourth-order valence-corrected chi connectivity index (χ4v) is 2.78. The predicted octanol–water partition coefficient (Wildman–Crippen LogP) is 2.73. The van der Waals surface area contributed by atoms with Gasteiger partial charge in [-0.3, -0.25) is 9.48 Å². The second-order valence-corrected chi connectivity index (χ2v) is 5.67. The van der Waals surface area contributed by atoms with Crippen molar-refractivity contribution in [2.45, 2.75) is 32.7 Å². The summed E-state index contributed by atoms with van der Waals surface area (Å²) in [6.07, 6.45) is 2.16. The zero-order valence-electron chi connectivity index (χ0n) is 12.6. The Kier molecular flexibility index (Phi) is 3.41. The number of hydrogen-bond donors (Lipinski definition) is 2. The lowest BCUT2D eigenvalue weighted by molar-refractivity contribution is 0.101. The molecule has 2 N–H and O–H groups in total. The monoisotopic (exact) mass is 284 g/mol. The van der Waals surface area contributed by atoms with Gasteiger partial charge in [-0.05, 0) is 44.4 Å². The summed E-state index contributed by atoms with van der Waals surface area (Å²) in [6, 6.07) is 8.25. The number of nitrogens with zero attached hydrogens (tertiary/aromatic N) is 2. The van der Waals surface area contributed by atoms with Gasteiger partial charge in [0, 0.05) is 13.1 Å². The molecule has 21 heavy (non-hydrogen) atoms. The number of rotatable bonds is 2. The van der Waals surface area contributed by atoms with Crippen LogP contribution in [0.2, 0.25) is 0 Å². The van der Waals surface area contributed by atoms with E-state index < -0.39 is 0 Å². The van der Waals surface area contributed by atoms with E-state index in [1.165, 1.54) is 5.56 Å². The second-order valence-electron chi connectivity index (χ2n) is 5.67. The summed E-state index contributed by atoms with van der Waals surface area (Å²) < 4.78 is 1.61. The zero-order valence-corrected chi connectivity index (χ0v) is 12.6. The average molecular weight is 284 g/mol. The molecule has 0 spiro atoms. The fourth-order valence-electron chi connectivity index (χ4n) is 2.78. The maximum absolute atomic E-state index is 12.4. The third kappa shape index (κ3) is 2.63. The molecule has 0 fully saturated rings. The zero-order chi connectivity index (χ0) is 15.0. The highest BCUT2D eigenvalue weighted by Crippen LogP contribution is 2.32. The minimum atomic E-state index is -0.133. The Morgan fingerprint density at radius 1 is 1.48 bits per heavy atom. The van der Waals surface area contributed by atoms with Gasteiger partial charge in [0.25, 0.3) is 5.91 Å². The van der Waals surface area contributed by atoms with Crippen molar-refractivity contribution in [1.82, 2.24) is 9.78 Å². The standard InChI is InChI=1S/C16H20N4O/c1-10-7-8-12-5-4-6-13(15(12)17-10)18-16(21)14-9-11(2)19-20(14)3/h4-6,9-10,17H,7-8H2,1-3H3,(H,18,21). The van der Waals surface area contributed by atoms with E-state index in [-0.39, 0.29) is 5.91 Å². The van der Waals surface area contributed by atoms with Crippen molar-refractivity contribution in [2.24, 2.45) is 7.05 Å². The van der Waals surface area contributed by atoms with Crippen molar-refractivity contribution in [3.63, 3.8) is 0 Å². The highest BCUT2D eigenvalue weighted by atomic mass is 16.2. The largest absolute Gasteiger partial charge is 0.381 e. The van der Waals surface area contributed by atoms with Crippen LogP contribution >= 0.6 is 0 Å². The molecule has 0 saturated carbocycles. The molecule has 0 radical (unpaired) electrons. The number of nitrogens with one attached hydrogen (secondary N) is 2. The van der Waals surface area contributed by atoms with Gasteiger partial charge in [-0.15, -0.1) is 0 Å². The first-order valence-electron chi connectivity index (χ1n) is 7.25. The number of aromatic nitrogens is 2. The molecule has 110 valence electrons. The smallest absolute Gasteiger partial charge is 0.273 e. The minimum absolute atomic E-state index is 0.133. The van der Waals surface area contributed by atoms with Gasteiger partial charge in [0.05, 0.1) is 17.1 Å². The number of amides is 1. The maximum atomic E-state index is 12.4. The first-order valence-corrected chi connectivity index (χ1v) is 7.25. The molecule has 2 heterocycles. The molecule has 1 unspecified atom stereocenters. The van der Waals surface area contributed by atoms with Crippen LogP contribution in [0.5, 0.6) is 0 Å². The lowest BCUT2D eigenvalue weighted by atomic mass is 9.98. The highest BCUT2D eigenvalue weighted by Gasteiger charge is 2.19. The van der Waals surface area contributed by atoms with Crippen LogP contribution in [0.15, 0.2) is 24.3 Å². The van der Waals surface area contributed by atoms with Crippen LogP contribution < -0.4 is 10.6 Å². The molecule has 1 atom stereocenters. The van der Waals surface area contributed by atoms with Gasteiger partial charge in [-0.25, -0.2) is 0 Å². The first-order chi connectivity index (χ1) is 10.0. The van der Waals surface area contributed by atoms with Gasteiger partial charge in [0.15, 0.2) is 0 Å². The molecule has 1 amide bonds. The van der Waals surface area contributed by atoms with E-state index >= 15 is 0 Å². The van der Waals surface area contributed by atoms with Crippen molar-refractivity contribution in [3.8, 4) is 0 Å². The molecule has 0 saturated heterocycles. The van der Waals surface area contributed by atoms with E-state index in [1.54, 1.807) is 17.8 Å². The number of carbonyl (C=O) groups excluding carboxylic acids is 1. The van der Waals surface area contributed by atoms with Gasteiger partial charge in [-0.2, -0.15) is 5.10 Å². The van der Waals surface area contributed by atoms with Crippen LogP contribution in [0, 0.1) is 6.92 Å². The molecule has 5 nitrogen and oxygen atoms in total. The third-order valence-corrected chi connectivity index (χ3v) is 3.87. The van der Waals surface area contributed by atoms with Crippen LogP contribution in [-0.2, 0) is 13.5 Å². The molecule has 3 rings (SSSR count). The number of anilines is 2. The van der Waals surface area contributed by atoms with Crippen molar-refractivity contribution in [2.75, 3.05) is 10.6 Å². The summed E-state index contributed by atoms with van der Waals surface area (Å²) in [5.74, 6) is -0.133. The Hall–Kier alpha value is -2.30. The number of hydrogen-bond acceptors (Lipinski definition) is 3. The molecule has 0 aliphatic carbocycles. The SMILES string of the molecule is Cc1cc(C(=O)Nc2cccc3c2NC(C)CC3)n(C)n1. The Labute approximate surface area is 124 Å². The van der Waals surface area contributed by atoms with E-state index in [1.807, 2.05) is 19.1 Å². The number of aryl methyl sites for hydroxylation is 3. The van der Waals surface area contributed by atoms with Gasteiger partial charge in [0.2, 0.25) is 0 Å². The van der Waals surface area contributed by atoms with Crippen molar-refractivity contribution < 1.29 is 4.79 Å². The maximum Gasteiger partial charge on any atom is 0.273 e. The number of para-hydroxylation sites is 1. The molecule has 1 aromatic heterocycles. The summed E-state index contributed by atoms with van der Waals surface area (Å²) >= 11 is 0. The van der Waals surface area contributed by atoms with Crippen LogP contribution in [0.1, 0.15) is 35.1 Å². The van der Waals surface area contributed by atoms with Crippen molar-refractivity contribution >= 4 is 17.3 Å². The number of benzene rings is 1. The van der Waals surface area contributed by atoms with E-state index in [0.29, 0.717) is 11.7 Å². The lowest BCUT2D eigenvalue weighted by Gasteiger charge is -2.26. The second kappa shape index (κ2) is 5.24. The molecule has 2 aromatic rings. The Morgan fingerprint density at radius 2 is 2.29 bits per heavy atom. The molecular weight excluding hydrogens is 264 g/mol. The first kappa shape index (κ1) is 13.7. The molecule has 1 aliphatic heterocycles. The van der Waals surface area contributed by atoms with Crippen LogP contribution in [-0.4, -0.2) is 21.7 Å². The van der Waals surface area contributed by atoms with Gasteiger partial charge >= 0.3 is 0 Å². The van der Waals surface area contributed by atoms with Crippen LogP contribution in [0.3, 0.4) is 0 Å². The van der Waals surface area contributed by atoms with E-state index in [4.69, 9.17) is 0 Å². The molecule has 5 heteroatoms. The summed E-state index contributed by atoms with van der Waals surface area (Å²) in [4.78, 5) is 12.4. The number of fused-ring (bicyclic) bond motifs is 1. The Morgan fingerprint density at radius 3 is 3.00 bits per heavy atom. The van der Waals surface area contributed by atoms with Gasteiger partial charge in [-0.1, -0.05) is 12.1 Å². The van der Waals surface area contributed by atoms with E-state index in [0.717, 1.165) is 29.9 Å². The molecular formula is C16H20N4O. The highest BCUT2D eigenvalue weighted by molar-refractivity contribution is 6.05. The Bertz CT molecular complexity index is 690.